The summed E-state index contributed by atoms with van der Waals surface area (Å²) in [7, 11) is 2.13. The van der Waals surface area contributed by atoms with Crippen LogP contribution in [0.1, 0.15) is 32.8 Å². The summed E-state index contributed by atoms with van der Waals surface area (Å²) in [5.41, 5.74) is 2.99. The Labute approximate surface area is 110 Å². The van der Waals surface area contributed by atoms with Gasteiger partial charge in [0.2, 0.25) is 0 Å². The van der Waals surface area contributed by atoms with Gasteiger partial charge in [-0.15, -0.1) is 0 Å². The first-order valence-electron chi connectivity index (χ1n) is 6.81. The third kappa shape index (κ3) is 2.44. The van der Waals surface area contributed by atoms with E-state index in [9.17, 15) is 0 Å². The summed E-state index contributed by atoms with van der Waals surface area (Å²) in [5, 5.41) is 4.81. The fraction of sp³-hybridized carbons (Fsp3) is 0.500. The van der Waals surface area contributed by atoms with Crippen LogP contribution < -0.4 is 5.32 Å². The van der Waals surface area contributed by atoms with E-state index in [4.69, 9.17) is 0 Å². The minimum atomic E-state index is 0.211. The minimum absolute atomic E-state index is 0.211. The van der Waals surface area contributed by atoms with Crippen LogP contribution in [-0.4, -0.2) is 17.7 Å². The lowest BCUT2D eigenvalue weighted by atomic mass is 9.81. The van der Waals surface area contributed by atoms with Crippen molar-refractivity contribution in [2.24, 2.45) is 7.05 Å². The Bertz CT molecular complexity index is 523. The molecule has 0 amide bonds. The topological polar surface area (TPSA) is 17.0 Å². The Morgan fingerprint density at radius 3 is 2.67 bits per heavy atom. The second-order valence-electron chi connectivity index (χ2n) is 5.66. The zero-order chi connectivity index (χ0) is 13.2. The van der Waals surface area contributed by atoms with Crippen molar-refractivity contribution in [3.63, 3.8) is 0 Å². The van der Waals surface area contributed by atoms with E-state index in [1.165, 1.54) is 16.5 Å². The molecule has 2 heteroatoms. The molecule has 1 N–H and O–H groups in total. The molecule has 0 unspecified atom stereocenters. The number of rotatable bonds is 5. The highest BCUT2D eigenvalue weighted by molar-refractivity contribution is 5.84. The molecule has 0 aliphatic carbocycles. The molecule has 0 atom stereocenters. The molecule has 0 aliphatic rings. The second kappa shape index (κ2) is 5.15. The molecule has 0 radical (unpaired) electrons. The molecule has 0 saturated carbocycles. The maximum Gasteiger partial charge on any atom is 0.0480 e. The fourth-order valence-electron chi connectivity index (χ4n) is 2.59. The first-order valence-corrected chi connectivity index (χ1v) is 6.81. The Balaban J connectivity index is 2.35. The highest BCUT2D eigenvalue weighted by atomic mass is 14.9. The molecule has 2 nitrogen and oxygen atoms in total. The van der Waals surface area contributed by atoms with Gasteiger partial charge in [-0.25, -0.2) is 0 Å². The fourth-order valence-corrected chi connectivity index (χ4v) is 2.59. The van der Waals surface area contributed by atoms with Crippen LogP contribution >= 0.6 is 0 Å². The van der Waals surface area contributed by atoms with E-state index >= 15 is 0 Å². The van der Waals surface area contributed by atoms with E-state index in [0.717, 1.165) is 19.5 Å². The molecule has 1 aromatic carbocycles. The van der Waals surface area contributed by atoms with Gasteiger partial charge in [0.25, 0.3) is 0 Å². The third-order valence-corrected chi connectivity index (χ3v) is 3.80. The van der Waals surface area contributed by atoms with Crippen molar-refractivity contribution in [3.05, 3.63) is 36.0 Å². The first kappa shape index (κ1) is 13.2. The van der Waals surface area contributed by atoms with Crippen molar-refractivity contribution >= 4 is 10.9 Å². The number of aromatic nitrogens is 1. The number of nitrogens with zero attached hydrogens (tertiary/aromatic N) is 1. The zero-order valence-corrected chi connectivity index (χ0v) is 12.0. The van der Waals surface area contributed by atoms with E-state index in [0.29, 0.717) is 0 Å². The lowest BCUT2D eigenvalue weighted by Crippen LogP contribution is -2.25. The molecule has 98 valence electrons. The third-order valence-electron chi connectivity index (χ3n) is 3.80. The van der Waals surface area contributed by atoms with Crippen LogP contribution in [-0.2, 0) is 12.5 Å². The standard InChI is InChI=1S/C16H24N2/c1-5-17-11-10-16(2,3)14-12-18(4)15-9-7-6-8-13(14)15/h6-9,12,17H,5,10-11H2,1-4H3. The summed E-state index contributed by atoms with van der Waals surface area (Å²) in [5.74, 6) is 0. The SMILES string of the molecule is CCNCCC(C)(C)c1cn(C)c2ccccc12. The molecule has 0 bridgehead atoms. The lowest BCUT2D eigenvalue weighted by molar-refractivity contribution is 0.463. The Hall–Kier alpha value is -1.28. The van der Waals surface area contributed by atoms with Gasteiger partial charge in [-0.2, -0.15) is 0 Å². The maximum atomic E-state index is 3.42. The predicted molar refractivity (Wildman–Crippen MR) is 79.1 cm³/mol. The molecular formula is C16H24N2. The van der Waals surface area contributed by atoms with Crippen molar-refractivity contribution in [2.75, 3.05) is 13.1 Å². The molecular weight excluding hydrogens is 220 g/mol. The van der Waals surface area contributed by atoms with Gasteiger partial charge in [-0.3, -0.25) is 0 Å². The van der Waals surface area contributed by atoms with Gasteiger partial charge < -0.3 is 9.88 Å². The van der Waals surface area contributed by atoms with Gasteiger partial charge in [0.15, 0.2) is 0 Å². The summed E-state index contributed by atoms with van der Waals surface area (Å²) in [6.07, 6.45) is 3.45. The predicted octanol–water partition coefficient (Wildman–Crippen LogP) is 3.46. The molecule has 0 saturated heterocycles. The van der Waals surface area contributed by atoms with Gasteiger partial charge >= 0.3 is 0 Å². The molecule has 0 fully saturated rings. The summed E-state index contributed by atoms with van der Waals surface area (Å²) < 4.78 is 2.24. The normalized spacial score (nSPS) is 12.2. The number of hydrogen-bond acceptors (Lipinski definition) is 1. The Morgan fingerprint density at radius 1 is 1.22 bits per heavy atom. The van der Waals surface area contributed by atoms with Gasteiger partial charge in [0.1, 0.15) is 0 Å². The van der Waals surface area contributed by atoms with Crippen LogP contribution in [0.4, 0.5) is 0 Å². The molecule has 2 aromatic rings. The zero-order valence-electron chi connectivity index (χ0n) is 12.0. The van der Waals surface area contributed by atoms with Crippen molar-refractivity contribution in [2.45, 2.75) is 32.6 Å². The smallest absolute Gasteiger partial charge is 0.0480 e. The highest BCUT2D eigenvalue weighted by Crippen LogP contribution is 2.33. The van der Waals surface area contributed by atoms with Crippen molar-refractivity contribution in [3.8, 4) is 0 Å². The van der Waals surface area contributed by atoms with Crippen molar-refractivity contribution < 1.29 is 0 Å². The lowest BCUT2D eigenvalue weighted by Gasteiger charge is -2.24. The number of fused-ring (bicyclic) bond motifs is 1. The summed E-state index contributed by atoms with van der Waals surface area (Å²) in [6.45, 7) is 8.96. The van der Waals surface area contributed by atoms with Crippen LogP contribution in [0.5, 0.6) is 0 Å². The average molecular weight is 244 g/mol. The summed E-state index contributed by atoms with van der Waals surface area (Å²) in [6, 6.07) is 8.67. The van der Waals surface area contributed by atoms with Gasteiger partial charge in [0, 0.05) is 24.1 Å². The molecule has 1 heterocycles. The van der Waals surface area contributed by atoms with Gasteiger partial charge in [-0.05, 0) is 36.6 Å². The van der Waals surface area contributed by atoms with E-state index in [-0.39, 0.29) is 5.41 Å². The van der Waals surface area contributed by atoms with Crippen LogP contribution in [0, 0.1) is 0 Å². The quantitative estimate of drug-likeness (QED) is 0.797. The Morgan fingerprint density at radius 2 is 1.94 bits per heavy atom. The Kier molecular flexibility index (Phi) is 3.76. The number of benzene rings is 1. The number of hydrogen-bond donors (Lipinski definition) is 1. The van der Waals surface area contributed by atoms with Crippen LogP contribution in [0.25, 0.3) is 10.9 Å². The molecule has 2 rings (SSSR count). The van der Waals surface area contributed by atoms with Crippen molar-refractivity contribution in [1.82, 2.24) is 9.88 Å². The number of nitrogens with one attached hydrogen (secondary N) is 1. The molecule has 1 aromatic heterocycles. The summed E-state index contributed by atoms with van der Waals surface area (Å²) >= 11 is 0. The average Bonchev–Trinajstić information content (AvgIpc) is 2.69. The molecule has 0 spiro atoms. The number of aryl methyl sites for hydroxylation is 1. The minimum Gasteiger partial charge on any atom is -0.350 e. The number of para-hydroxylation sites is 1. The second-order valence-corrected chi connectivity index (χ2v) is 5.66. The largest absolute Gasteiger partial charge is 0.350 e. The monoisotopic (exact) mass is 244 g/mol. The van der Waals surface area contributed by atoms with Crippen molar-refractivity contribution in [1.29, 1.82) is 0 Å². The van der Waals surface area contributed by atoms with Crippen LogP contribution in [0.3, 0.4) is 0 Å². The van der Waals surface area contributed by atoms with Gasteiger partial charge in [0.05, 0.1) is 0 Å². The molecule has 0 aliphatic heterocycles. The molecule has 18 heavy (non-hydrogen) atoms. The highest BCUT2D eigenvalue weighted by Gasteiger charge is 2.24. The van der Waals surface area contributed by atoms with E-state index in [2.05, 4.69) is 68.2 Å². The van der Waals surface area contributed by atoms with E-state index in [1.807, 2.05) is 0 Å². The van der Waals surface area contributed by atoms with Crippen LogP contribution in [0.2, 0.25) is 0 Å². The maximum absolute atomic E-state index is 3.42. The first-order chi connectivity index (χ1) is 8.56. The van der Waals surface area contributed by atoms with E-state index < -0.39 is 0 Å². The van der Waals surface area contributed by atoms with E-state index in [1.54, 1.807) is 0 Å². The summed E-state index contributed by atoms with van der Waals surface area (Å²) in [4.78, 5) is 0. The van der Waals surface area contributed by atoms with Gasteiger partial charge in [-0.1, -0.05) is 39.0 Å². The van der Waals surface area contributed by atoms with Crippen LogP contribution in [0.15, 0.2) is 30.5 Å².